The van der Waals surface area contributed by atoms with Crippen LogP contribution in [0.25, 0.3) is 5.82 Å². The highest BCUT2D eigenvalue weighted by Crippen LogP contribution is 2.21. The predicted molar refractivity (Wildman–Crippen MR) is 60.5 cm³/mol. The van der Waals surface area contributed by atoms with Crippen LogP contribution in [0.2, 0.25) is 0 Å². The third-order valence-electron chi connectivity index (χ3n) is 1.96. The van der Waals surface area contributed by atoms with Gasteiger partial charge in [0.15, 0.2) is 0 Å². The zero-order valence-electron chi connectivity index (χ0n) is 8.29. The summed E-state index contributed by atoms with van der Waals surface area (Å²) in [4.78, 5) is 14.5. The van der Waals surface area contributed by atoms with Crippen molar-refractivity contribution in [2.75, 3.05) is 0 Å². The maximum absolute atomic E-state index is 10.8. The summed E-state index contributed by atoms with van der Waals surface area (Å²) in [5.74, 6) is 0.218. The van der Waals surface area contributed by atoms with Crippen LogP contribution >= 0.6 is 15.9 Å². The van der Waals surface area contributed by atoms with Crippen molar-refractivity contribution in [2.45, 2.75) is 6.92 Å². The van der Waals surface area contributed by atoms with Gasteiger partial charge in [-0.05, 0) is 28.9 Å². The van der Waals surface area contributed by atoms with Gasteiger partial charge in [0.2, 0.25) is 5.82 Å². The number of pyridine rings is 1. The molecule has 2 aromatic heterocycles. The van der Waals surface area contributed by atoms with Crippen molar-refractivity contribution in [1.82, 2.24) is 14.8 Å². The minimum absolute atomic E-state index is 0.0683. The van der Waals surface area contributed by atoms with Crippen molar-refractivity contribution in [1.29, 1.82) is 0 Å². The van der Waals surface area contributed by atoms with E-state index in [9.17, 15) is 10.1 Å². The molecule has 0 aliphatic rings. The van der Waals surface area contributed by atoms with Crippen LogP contribution < -0.4 is 0 Å². The van der Waals surface area contributed by atoms with E-state index in [4.69, 9.17) is 0 Å². The average molecular weight is 283 g/mol. The van der Waals surface area contributed by atoms with Crippen molar-refractivity contribution in [2.24, 2.45) is 0 Å². The second-order valence-electron chi connectivity index (χ2n) is 3.16. The molecule has 0 spiro atoms. The lowest BCUT2D eigenvalue weighted by molar-refractivity contribution is -0.385. The van der Waals surface area contributed by atoms with Gasteiger partial charge < -0.3 is 0 Å². The number of nitrogens with zero attached hydrogens (tertiary/aromatic N) is 4. The minimum Gasteiger partial charge on any atom is -0.258 e. The van der Waals surface area contributed by atoms with Gasteiger partial charge in [0.25, 0.3) is 0 Å². The van der Waals surface area contributed by atoms with Gasteiger partial charge in [0.1, 0.15) is 0 Å². The Hall–Kier alpha value is -1.76. The molecule has 0 saturated carbocycles. The molecule has 6 nitrogen and oxygen atoms in total. The van der Waals surface area contributed by atoms with Crippen molar-refractivity contribution < 1.29 is 4.92 Å². The fraction of sp³-hybridized carbons (Fsp3) is 0.111. The molecule has 0 aliphatic carbocycles. The van der Waals surface area contributed by atoms with E-state index in [-0.39, 0.29) is 11.5 Å². The number of aromatic nitrogens is 3. The Balaban J connectivity index is 2.62. The van der Waals surface area contributed by atoms with E-state index in [1.165, 1.54) is 10.7 Å². The fourth-order valence-corrected chi connectivity index (χ4v) is 1.55. The van der Waals surface area contributed by atoms with Crippen LogP contribution in [-0.2, 0) is 0 Å². The molecule has 0 atom stereocenters. The summed E-state index contributed by atoms with van der Waals surface area (Å²) < 4.78 is 2.11. The van der Waals surface area contributed by atoms with Gasteiger partial charge in [-0.15, -0.1) is 0 Å². The van der Waals surface area contributed by atoms with Gasteiger partial charge in [0, 0.05) is 18.0 Å². The van der Waals surface area contributed by atoms with E-state index in [1.807, 2.05) is 0 Å². The molecule has 0 amide bonds. The normalized spacial score (nSPS) is 10.4. The maximum Gasteiger partial charge on any atom is 0.313 e. The first-order valence-corrected chi connectivity index (χ1v) is 5.20. The van der Waals surface area contributed by atoms with Gasteiger partial charge in [-0.25, -0.2) is 9.67 Å². The summed E-state index contributed by atoms with van der Waals surface area (Å²) in [6, 6.07) is 3.02. The van der Waals surface area contributed by atoms with Gasteiger partial charge >= 0.3 is 5.69 Å². The highest BCUT2D eigenvalue weighted by Gasteiger charge is 2.17. The lowest BCUT2D eigenvalue weighted by Crippen LogP contribution is -2.04. The molecule has 82 valence electrons. The summed E-state index contributed by atoms with van der Waals surface area (Å²) in [5.41, 5.74) is 0.633. The minimum atomic E-state index is -0.475. The van der Waals surface area contributed by atoms with Crippen LogP contribution in [-0.4, -0.2) is 19.7 Å². The Bertz CT molecular complexity index is 552. The molecule has 0 aromatic carbocycles. The Kier molecular flexibility index (Phi) is 2.69. The SMILES string of the molecule is Cc1ccc([N+](=O)[O-])c(-n2cc(Br)cn2)n1. The highest BCUT2D eigenvalue weighted by molar-refractivity contribution is 9.10. The Morgan fingerprint density at radius 2 is 2.25 bits per heavy atom. The maximum atomic E-state index is 10.8. The number of nitro groups is 1. The van der Waals surface area contributed by atoms with Gasteiger partial charge in [0.05, 0.1) is 15.6 Å². The zero-order chi connectivity index (χ0) is 11.7. The number of hydrogen-bond acceptors (Lipinski definition) is 4. The molecule has 0 N–H and O–H groups in total. The summed E-state index contributed by atoms with van der Waals surface area (Å²) in [7, 11) is 0. The Morgan fingerprint density at radius 3 is 2.81 bits per heavy atom. The zero-order valence-corrected chi connectivity index (χ0v) is 9.88. The molecular formula is C9H7BrN4O2. The summed E-state index contributed by atoms with van der Waals surface area (Å²) in [6.07, 6.45) is 3.17. The third kappa shape index (κ3) is 1.94. The fourth-order valence-electron chi connectivity index (χ4n) is 1.26. The number of aryl methyl sites for hydroxylation is 1. The molecule has 0 unspecified atom stereocenters. The third-order valence-corrected chi connectivity index (χ3v) is 2.37. The van der Waals surface area contributed by atoms with E-state index < -0.39 is 4.92 Å². The number of rotatable bonds is 2. The first kappa shape index (κ1) is 10.7. The second kappa shape index (κ2) is 4.01. The molecule has 0 fully saturated rings. The van der Waals surface area contributed by atoms with E-state index in [2.05, 4.69) is 26.0 Å². The predicted octanol–water partition coefficient (Wildman–Crippen LogP) is 2.25. The molecule has 0 aliphatic heterocycles. The molecule has 16 heavy (non-hydrogen) atoms. The van der Waals surface area contributed by atoms with Crippen molar-refractivity contribution in [3.8, 4) is 5.82 Å². The monoisotopic (exact) mass is 282 g/mol. The van der Waals surface area contributed by atoms with Crippen LogP contribution in [0.1, 0.15) is 5.69 Å². The molecule has 7 heteroatoms. The molecule has 2 heterocycles. The highest BCUT2D eigenvalue weighted by atomic mass is 79.9. The smallest absolute Gasteiger partial charge is 0.258 e. The van der Waals surface area contributed by atoms with Crippen molar-refractivity contribution in [3.05, 3.63) is 44.8 Å². The first-order chi connectivity index (χ1) is 7.58. The molecule has 0 radical (unpaired) electrons. The lowest BCUT2D eigenvalue weighted by atomic mass is 10.3. The molecule has 2 rings (SSSR count). The summed E-state index contributed by atoms with van der Waals surface area (Å²) in [6.45, 7) is 1.77. The van der Waals surface area contributed by atoms with Crippen LogP contribution in [0.3, 0.4) is 0 Å². The van der Waals surface area contributed by atoms with Crippen molar-refractivity contribution >= 4 is 21.6 Å². The van der Waals surface area contributed by atoms with E-state index in [0.717, 1.165) is 4.47 Å². The molecule has 2 aromatic rings. The number of hydrogen-bond donors (Lipinski definition) is 0. The van der Waals surface area contributed by atoms with E-state index >= 15 is 0 Å². The molecule has 0 saturated heterocycles. The van der Waals surface area contributed by atoms with E-state index in [0.29, 0.717) is 5.69 Å². The van der Waals surface area contributed by atoms with Gasteiger partial charge in [-0.1, -0.05) is 0 Å². The largest absolute Gasteiger partial charge is 0.313 e. The second-order valence-corrected chi connectivity index (χ2v) is 4.07. The van der Waals surface area contributed by atoms with E-state index in [1.54, 1.807) is 25.4 Å². The van der Waals surface area contributed by atoms with Crippen LogP contribution in [0.4, 0.5) is 5.69 Å². The first-order valence-electron chi connectivity index (χ1n) is 4.40. The number of halogens is 1. The Morgan fingerprint density at radius 1 is 1.50 bits per heavy atom. The van der Waals surface area contributed by atoms with Gasteiger partial charge in [-0.2, -0.15) is 5.10 Å². The molecule has 0 bridgehead atoms. The van der Waals surface area contributed by atoms with Crippen LogP contribution in [0.5, 0.6) is 0 Å². The quantitative estimate of drug-likeness (QED) is 0.625. The van der Waals surface area contributed by atoms with Crippen LogP contribution in [0, 0.1) is 17.0 Å². The summed E-state index contributed by atoms with van der Waals surface area (Å²) >= 11 is 3.23. The van der Waals surface area contributed by atoms with Crippen molar-refractivity contribution in [3.63, 3.8) is 0 Å². The van der Waals surface area contributed by atoms with Gasteiger partial charge in [-0.3, -0.25) is 10.1 Å². The topological polar surface area (TPSA) is 73.8 Å². The molecular weight excluding hydrogens is 276 g/mol. The Labute approximate surface area is 99.2 Å². The standard InChI is InChI=1S/C9H7BrN4O2/c1-6-2-3-8(14(15)16)9(12-6)13-5-7(10)4-11-13/h2-5H,1H3. The van der Waals surface area contributed by atoms with Crippen LogP contribution in [0.15, 0.2) is 29.0 Å². The average Bonchev–Trinajstić information content (AvgIpc) is 2.64. The lowest BCUT2D eigenvalue weighted by Gasteiger charge is -2.02. The summed E-state index contributed by atoms with van der Waals surface area (Å²) in [5, 5.41) is 14.8.